The molecule has 4 aliphatic rings. The molecular formula is C48H42Cl2O2Si. The molecule has 0 atom stereocenters. The van der Waals surface area contributed by atoms with E-state index in [4.69, 9.17) is 32.1 Å². The monoisotopic (exact) mass is 748 g/mol. The van der Waals surface area contributed by atoms with Gasteiger partial charge < -0.3 is 8.85 Å². The topological polar surface area (TPSA) is 18.5 Å². The Hall–Kier alpha value is -4.48. The lowest BCUT2D eigenvalue weighted by Crippen LogP contribution is -2.64. The van der Waals surface area contributed by atoms with Crippen LogP contribution in [0.15, 0.2) is 133 Å². The lowest BCUT2D eigenvalue weighted by molar-refractivity contribution is 0.272. The van der Waals surface area contributed by atoms with Crippen LogP contribution in [0.3, 0.4) is 0 Å². The summed E-state index contributed by atoms with van der Waals surface area (Å²) in [4.78, 5) is 0. The maximum atomic E-state index is 6.98. The van der Waals surface area contributed by atoms with E-state index in [1.807, 2.05) is 38.5 Å². The molecule has 5 heteroatoms. The van der Waals surface area contributed by atoms with Gasteiger partial charge in [0.15, 0.2) is 0 Å². The Bertz CT molecular complexity index is 2410. The Morgan fingerprint density at radius 3 is 1.09 bits per heavy atom. The Morgan fingerprint density at radius 1 is 0.396 bits per heavy atom. The average Bonchev–Trinajstić information content (AvgIpc) is 3.59. The first-order chi connectivity index (χ1) is 25.7. The van der Waals surface area contributed by atoms with E-state index >= 15 is 0 Å². The van der Waals surface area contributed by atoms with Crippen molar-refractivity contribution in [1.29, 1.82) is 0 Å². The molecule has 8 rings (SSSR count). The SMILES string of the molecule is CO[Si](OC)(c1c2ccccc(-c3ccc(Cl)c4ccccc34)c-2cc1C(C)C)c1c2ccccc(-c3ccc(Cl)c4ccccc34)c-2cc1C(C)C. The second-order valence-corrected chi connectivity index (χ2v) is 18.3. The van der Waals surface area contributed by atoms with Gasteiger partial charge in [0.05, 0.1) is 0 Å². The van der Waals surface area contributed by atoms with Crippen LogP contribution in [-0.2, 0) is 8.85 Å². The quantitative estimate of drug-likeness (QED) is 0.144. The summed E-state index contributed by atoms with van der Waals surface area (Å²) in [6, 6.07) is 47.5. The van der Waals surface area contributed by atoms with Gasteiger partial charge in [-0.2, -0.15) is 0 Å². The first-order valence-electron chi connectivity index (χ1n) is 18.3. The highest BCUT2D eigenvalue weighted by Gasteiger charge is 2.50. The van der Waals surface area contributed by atoms with Crippen LogP contribution in [0.4, 0.5) is 0 Å². The molecule has 264 valence electrons. The molecule has 4 aliphatic carbocycles. The van der Waals surface area contributed by atoms with Crippen molar-refractivity contribution >= 4 is 63.7 Å². The number of hydrogen-bond acceptors (Lipinski definition) is 2. The van der Waals surface area contributed by atoms with E-state index in [1.54, 1.807) is 0 Å². The Morgan fingerprint density at radius 2 is 0.736 bits per heavy atom. The van der Waals surface area contributed by atoms with Gasteiger partial charge in [0.25, 0.3) is 0 Å². The average molecular weight is 750 g/mol. The molecular weight excluding hydrogens is 708 g/mol. The highest BCUT2D eigenvalue weighted by Crippen LogP contribution is 2.44. The van der Waals surface area contributed by atoms with E-state index in [1.165, 1.54) is 32.6 Å². The molecule has 0 heterocycles. The summed E-state index contributed by atoms with van der Waals surface area (Å²) < 4.78 is 14.0. The molecule has 0 unspecified atom stereocenters. The minimum absolute atomic E-state index is 0.213. The van der Waals surface area contributed by atoms with Crippen molar-refractivity contribution in [2.75, 3.05) is 14.2 Å². The van der Waals surface area contributed by atoms with E-state index in [9.17, 15) is 0 Å². The van der Waals surface area contributed by atoms with Gasteiger partial charge in [0.2, 0.25) is 0 Å². The summed E-state index contributed by atoms with van der Waals surface area (Å²) in [5.41, 5.74) is 11.7. The predicted octanol–water partition coefficient (Wildman–Crippen LogP) is 12.9. The largest absolute Gasteiger partial charge is 0.408 e. The van der Waals surface area contributed by atoms with Crippen molar-refractivity contribution in [1.82, 2.24) is 0 Å². The van der Waals surface area contributed by atoms with Crippen molar-refractivity contribution in [3.05, 3.63) is 155 Å². The van der Waals surface area contributed by atoms with Gasteiger partial charge in [-0.1, -0.05) is 172 Å². The highest BCUT2D eigenvalue weighted by atomic mass is 35.5. The second kappa shape index (κ2) is 14.1. The van der Waals surface area contributed by atoms with Gasteiger partial charge in [-0.05, 0) is 90.4 Å². The van der Waals surface area contributed by atoms with E-state index in [0.29, 0.717) is 0 Å². The molecule has 53 heavy (non-hydrogen) atoms. The van der Waals surface area contributed by atoms with Crippen LogP contribution in [0.1, 0.15) is 50.7 Å². The smallest absolute Gasteiger partial charge is 0.391 e. The molecule has 0 amide bonds. The molecule has 0 spiro atoms. The summed E-state index contributed by atoms with van der Waals surface area (Å²) in [6.07, 6.45) is 0. The van der Waals surface area contributed by atoms with E-state index in [2.05, 4.69) is 137 Å². The highest BCUT2D eigenvalue weighted by molar-refractivity contribution is 6.95. The van der Waals surface area contributed by atoms with Crippen LogP contribution in [0, 0.1) is 0 Å². The molecule has 0 aliphatic heterocycles. The number of rotatable bonds is 8. The van der Waals surface area contributed by atoms with Crippen LogP contribution in [0.2, 0.25) is 10.0 Å². The molecule has 0 saturated heterocycles. The van der Waals surface area contributed by atoms with Crippen molar-refractivity contribution in [3.8, 4) is 44.5 Å². The van der Waals surface area contributed by atoms with E-state index < -0.39 is 8.56 Å². The van der Waals surface area contributed by atoms with Crippen LogP contribution < -0.4 is 10.4 Å². The zero-order chi connectivity index (χ0) is 37.0. The summed E-state index contributed by atoms with van der Waals surface area (Å²) in [7, 11) is 0.261. The number of hydrogen-bond donors (Lipinski definition) is 0. The van der Waals surface area contributed by atoms with E-state index in [-0.39, 0.29) is 11.8 Å². The van der Waals surface area contributed by atoms with Crippen molar-refractivity contribution in [2.45, 2.75) is 39.5 Å². The van der Waals surface area contributed by atoms with E-state index in [0.717, 1.165) is 65.0 Å². The second-order valence-electron chi connectivity index (χ2n) is 14.5. The zero-order valence-electron chi connectivity index (χ0n) is 30.9. The van der Waals surface area contributed by atoms with Crippen molar-refractivity contribution in [2.24, 2.45) is 0 Å². The van der Waals surface area contributed by atoms with Gasteiger partial charge in [0, 0.05) is 45.4 Å². The summed E-state index contributed by atoms with van der Waals surface area (Å²) in [5.74, 6) is 0.427. The maximum absolute atomic E-state index is 6.98. The number of halogens is 2. The first kappa shape index (κ1) is 35.5. The third kappa shape index (κ3) is 5.69. The predicted molar refractivity (Wildman–Crippen MR) is 229 cm³/mol. The Balaban J connectivity index is 1.42. The lowest BCUT2D eigenvalue weighted by atomic mass is 9.95. The zero-order valence-corrected chi connectivity index (χ0v) is 33.4. The molecule has 2 nitrogen and oxygen atoms in total. The van der Waals surface area contributed by atoms with Crippen molar-refractivity contribution in [3.63, 3.8) is 0 Å². The molecule has 0 N–H and O–H groups in total. The normalized spacial score (nSPS) is 12.3. The molecule has 0 fully saturated rings. The molecule has 0 bridgehead atoms. The first-order valence-corrected chi connectivity index (χ1v) is 20.8. The van der Waals surface area contributed by atoms with Crippen molar-refractivity contribution < 1.29 is 8.85 Å². The Labute approximate surface area is 323 Å². The van der Waals surface area contributed by atoms with Crippen LogP contribution in [0.5, 0.6) is 0 Å². The molecule has 4 aromatic rings. The summed E-state index contributed by atoms with van der Waals surface area (Å²) >= 11 is 13.5. The maximum Gasteiger partial charge on any atom is 0.408 e. The van der Waals surface area contributed by atoms with Crippen LogP contribution in [-0.4, -0.2) is 22.8 Å². The summed E-state index contributed by atoms with van der Waals surface area (Å²) in [6.45, 7) is 9.09. The third-order valence-corrected chi connectivity index (χ3v) is 15.2. The molecule has 0 aromatic heterocycles. The minimum atomic E-state index is -3.42. The fraction of sp³-hybridized carbons (Fsp3) is 0.167. The lowest BCUT2D eigenvalue weighted by Gasteiger charge is -2.32. The standard InChI is InChI=1S/C48H42Cl2O2Si/c1-29(2)41-27-43-33(35-23-25-45(49)37-19-11-7-15-31(35)37)17-9-13-21-39(43)47(41)53(51-5,52-6)48-40-22-14-10-18-34(44(40)28-42(48)30(3)4)36-24-26-46(50)38-20-12-8-16-32(36)38/h7-30H,1-6H3. The third-order valence-electron chi connectivity index (χ3n) is 10.9. The Kier molecular flexibility index (Phi) is 9.43. The van der Waals surface area contributed by atoms with Crippen LogP contribution in [0.25, 0.3) is 66.1 Å². The molecule has 0 saturated carbocycles. The van der Waals surface area contributed by atoms with Gasteiger partial charge in [-0.3, -0.25) is 0 Å². The van der Waals surface area contributed by atoms with Gasteiger partial charge >= 0.3 is 8.56 Å². The van der Waals surface area contributed by atoms with Gasteiger partial charge in [-0.15, -0.1) is 0 Å². The number of fused-ring (bicyclic) bond motifs is 4. The minimum Gasteiger partial charge on any atom is -0.391 e. The van der Waals surface area contributed by atoms with Crippen LogP contribution >= 0.6 is 23.2 Å². The molecule has 0 radical (unpaired) electrons. The fourth-order valence-electron chi connectivity index (χ4n) is 8.50. The summed E-state index contributed by atoms with van der Waals surface area (Å²) in [5, 5.41) is 8.18. The fourth-order valence-corrected chi connectivity index (χ4v) is 12.8. The van der Waals surface area contributed by atoms with Gasteiger partial charge in [-0.25, -0.2) is 0 Å². The number of benzene rings is 4. The molecule has 4 aromatic carbocycles. The van der Waals surface area contributed by atoms with Gasteiger partial charge in [0.1, 0.15) is 0 Å².